The minimum atomic E-state index is -0.440. The zero-order valence-corrected chi connectivity index (χ0v) is 11.7. The molecule has 104 valence electrons. The van der Waals surface area contributed by atoms with Gasteiger partial charge in [-0.25, -0.2) is 4.39 Å². The summed E-state index contributed by atoms with van der Waals surface area (Å²) in [6, 6.07) is 4.49. The van der Waals surface area contributed by atoms with Gasteiger partial charge in [0, 0.05) is 30.2 Å². The summed E-state index contributed by atoms with van der Waals surface area (Å²) >= 11 is 5.93. The molecule has 1 unspecified atom stereocenters. The predicted octanol–water partition coefficient (Wildman–Crippen LogP) is 2.22. The first-order valence-electron chi connectivity index (χ1n) is 6.43. The van der Waals surface area contributed by atoms with Crippen LogP contribution in [0.5, 0.6) is 0 Å². The molecule has 0 aliphatic heterocycles. The number of rotatable bonds is 5. The normalized spacial score (nSPS) is 16.2. The fourth-order valence-corrected chi connectivity index (χ4v) is 2.54. The smallest absolute Gasteiger partial charge is 0.227 e. The van der Waals surface area contributed by atoms with E-state index in [-0.39, 0.29) is 29.0 Å². The van der Waals surface area contributed by atoms with E-state index in [0.717, 1.165) is 12.8 Å². The van der Waals surface area contributed by atoms with Crippen molar-refractivity contribution < 1.29 is 9.18 Å². The molecule has 0 radical (unpaired) electrons. The highest BCUT2D eigenvalue weighted by Gasteiger charge is 2.34. The van der Waals surface area contributed by atoms with Crippen molar-refractivity contribution in [3.63, 3.8) is 0 Å². The molecule has 0 spiro atoms. The number of likely N-dealkylation sites (N-methyl/N-ethyl adjacent to an activating group) is 1. The molecule has 1 amide bonds. The molecule has 3 nitrogen and oxygen atoms in total. The third kappa shape index (κ3) is 3.25. The maximum Gasteiger partial charge on any atom is 0.227 e. The van der Waals surface area contributed by atoms with E-state index in [1.54, 1.807) is 18.0 Å². The molecule has 1 fully saturated rings. The van der Waals surface area contributed by atoms with Crippen molar-refractivity contribution in [2.45, 2.75) is 25.3 Å². The first-order chi connectivity index (χ1) is 9.04. The quantitative estimate of drug-likeness (QED) is 0.901. The maximum absolute atomic E-state index is 13.6. The molecule has 1 atom stereocenters. The standard InChI is InChI=1S/C14H18ClFN2O/c1-18(13(8-17)9-5-6-9)14(19)7-10-11(15)3-2-4-12(10)16/h2-4,9,13H,5-8,17H2,1H3. The van der Waals surface area contributed by atoms with Crippen LogP contribution in [-0.2, 0) is 11.2 Å². The Morgan fingerprint density at radius 2 is 2.26 bits per heavy atom. The molecule has 19 heavy (non-hydrogen) atoms. The summed E-state index contributed by atoms with van der Waals surface area (Å²) in [5.74, 6) is -0.0886. The average Bonchev–Trinajstić information content (AvgIpc) is 3.19. The van der Waals surface area contributed by atoms with Crippen LogP contribution in [0.3, 0.4) is 0 Å². The Hall–Kier alpha value is -1.13. The van der Waals surface area contributed by atoms with Crippen LogP contribution in [0, 0.1) is 11.7 Å². The molecule has 5 heteroatoms. The zero-order valence-electron chi connectivity index (χ0n) is 10.9. The lowest BCUT2D eigenvalue weighted by Crippen LogP contribution is -2.44. The lowest BCUT2D eigenvalue weighted by molar-refractivity contribution is -0.131. The van der Waals surface area contributed by atoms with E-state index in [1.165, 1.54) is 12.1 Å². The Morgan fingerprint density at radius 1 is 1.58 bits per heavy atom. The second kappa shape index (κ2) is 5.88. The van der Waals surface area contributed by atoms with E-state index in [2.05, 4.69) is 0 Å². The summed E-state index contributed by atoms with van der Waals surface area (Å²) in [6.07, 6.45) is 2.20. The molecule has 2 N–H and O–H groups in total. The summed E-state index contributed by atoms with van der Waals surface area (Å²) in [5, 5.41) is 0.289. The first kappa shape index (κ1) is 14.3. The van der Waals surface area contributed by atoms with Gasteiger partial charge in [-0.15, -0.1) is 0 Å². The van der Waals surface area contributed by atoms with Crippen LogP contribution < -0.4 is 5.73 Å². The second-order valence-electron chi connectivity index (χ2n) is 5.02. The van der Waals surface area contributed by atoms with E-state index in [4.69, 9.17) is 17.3 Å². The van der Waals surface area contributed by atoms with Crippen LogP contribution >= 0.6 is 11.6 Å². The summed E-state index contributed by atoms with van der Waals surface area (Å²) in [5.41, 5.74) is 5.97. The summed E-state index contributed by atoms with van der Waals surface area (Å²) in [4.78, 5) is 13.8. The van der Waals surface area contributed by atoms with Gasteiger partial charge < -0.3 is 10.6 Å². The Bertz CT molecular complexity index is 456. The summed E-state index contributed by atoms with van der Waals surface area (Å²) in [6.45, 7) is 0.442. The molecule has 0 aromatic heterocycles. The number of hydrogen-bond donors (Lipinski definition) is 1. The van der Waals surface area contributed by atoms with Gasteiger partial charge in [-0.05, 0) is 30.9 Å². The van der Waals surface area contributed by atoms with Crippen LogP contribution in [0.25, 0.3) is 0 Å². The molecule has 0 heterocycles. The van der Waals surface area contributed by atoms with Crippen molar-refractivity contribution in [1.82, 2.24) is 4.90 Å². The van der Waals surface area contributed by atoms with Crippen molar-refractivity contribution in [3.8, 4) is 0 Å². The number of carbonyl (C=O) groups is 1. The molecule has 1 saturated carbocycles. The SMILES string of the molecule is CN(C(=O)Cc1c(F)cccc1Cl)C(CN)C1CC1. The van der Waals surface area contributed by atoms with E-state index < -0.39 is 5.82 Å². The molecule has 0 saturated heterocycles. The average molecular weight is 285 g/mol. The monoisotopic (exact) mass is 284 g/mol. The topological polar surface area (TPSA) is 46.3 Å². The van der Waals surface area contributed by atoms with Crippen molar-refractivity contribution in [3.05, 3.63) is 34.6 Å². The van der Waals surface area contributed by atoms with E-state index in [0.29, 0.717) is 12.5 Å². The van der Waals surface area contributed by atoms with Gasteiger partial charge in [-0.1, -0.05) is 17.7 Å². The zero-order chi connectivity index (χ0) is 14.0. The van der Waals surface area contributed by atoms with Gasteiger partial charge in [0.25, 0.3) is 0 Å². The van der Waals surface area contributed by atoms with E-state index >= 15 is 0 Å². The Labute approximate surface area is 117 Å². The predicted molar refractivity (Wildman–Crippen MR) is 73.5 cm³/mol. The molecular weight excluding hydrogens is 267 g/mol. The van der Waals surface area contributed by atoms with Gasteiger partial charge in [0.15, 0.2) is 0 Å². The maximum atomic E-state index is 13.6. The molecule has 1 aliphatic rings. The van der Waals surface area contributed by atoms with Crippen molar-refractivity contribution in [2.24, 2.45) is 11.7 Å². The minimum Gasteiger partial charge on any atom is -0.341 e. The van der Waals surface area contributed by atoms with Gasteiger partial charge >= 0.3 is 0 Å². The molecule has 1 aliphatic carbocycles. The Kier molecular flexibility index (Phi) is 4.42. The highest BCUT2D eigenvalue weighted by atomic mass is 35.5. The lowest BCUT2D eigenvalue weighted by atomic mass is 10.1. The van der Waals surface area contributed by atoms with Crippen LogP contribution in [0.1, 0.15) is 18.4 Å². The number of nitrogens with zero attached hydrogens (tertiary/aromatic N) is 1. The number of halogens is 2. The van der Waals surface area contributed by atoms with E-state index in [1.807, 2.05) is 0 Å². The molecule has 2 rings (SSSR count). The number of nitrogens with two attached hydrogens (primary N) is 1. The van der Waals surface area contributed by atoms with Gasteiger partial charge in [-0.3, -0.25) is 4.79 Å². The van der Waals surface area contributed by atoms with Crippen LogP contribution in [-0.4, -0.2) is 30.4 Å². The van der Waals surface area contributed by atoms with Crippen LogP contribution in [0.4, 0.5) is 4.39 Å². The van der Waals surface area contributed by atoms with Gasteiger partial charge in [-0.2, -0.15) is 0 Å². The second-order valence-corrected chi connectivity index (χ2v) is 5.43. The minimum absolute atomic E-state index is 0.0226. The number of carbonyl (C=O) groups excluding carboxylic acids is 1. The number of amides is 1. The largest absolute Gasteiger partial charge is 0.341 e. The lowest BCUT2D eigenvalue weighted by Gasteiger charge is -2.27. The van der Waals surface area contributed by atoms with E-state index in [9.17, 15) is 9.18 Å². The first-order valence-corrected chi connectivity index (χ1v) is 6.81. The van der Waals surface area contributed by atoms with Crippen molar-refractivity contribution >= 4 is 17.5 Å². The summed E-state index contributed by atoms with van der Waals surface area (Å²) < 4.78 is 13.6. The van der Waals surface area contributed by atoms with Crippen LogP contribution in [0.15, 0.2) is 18.2 Å². The third-order valence-electron chi connectivity index (χ3n) is 3.69. The van der Waals surface area contributed by atoms with Gasteiger partial charge in [0.2, 0.25) is 5.91 Å². The molecular formula is C14H18ClFN2O. The van der Waals surface area contributed by atoms with Gasteiger partial charge in [0.1, 0.15) is 5.82 Å². The molecule has 0 bridgehead atoms. The van der Waals surface area contributed by atoms with Crippen molar-refractivity contribution in [2.75, 3.05) is 13.6 Å². The summed E-state index contributed by atoms with van der Waals surface area (Å²) in [7, 11) is 1.73. The Morgan fingerprint density at radius 3 is 2.79 bits per heavy atom. The third-order valence-corrected chi connectivity index (χ3v) is 4.04. The molecule has 1 aromatic rings. The fourth-order valence-electron chi connectivity index (χ4n) is 2.31. The van der Waals surface area contributed by atoms with Crippen molar-refractivity contribution in [1.29, 1.82) is 0 Å². The van der Waals surface area contributed by atoms with Gasteiger partial charge in [0.05, 0.1) is 6.42 Å². The highest BCUT2D eigenvalue weighted by Crippen LogP contribution is 2.34. The highest BCUT2D eigenvalue weighted by molar-refractivity contribution is 6.31. The fraction of sp³-hybridized carbons (Fsp3) is 0.500. The number of benzene rings is 1. The molecule has 1 aromatic carbocycles. The Balaban J connectivity index is 2.07. The number of hydrogen-bond acceptors (Lipinski definition) is 2. The van der Waals surface area contributed by atoms with Crippen LogP contribution in [0.2, 0.25) is 5.02 Å².